The molecule has 4 aromatic rings. The van der Waals surface area contributed by atoms with E-state index in [-0.39, 0.29) is 23.8 Å². The number of hydrogen-bond acceptors (Lipinski definition) is 7. The maximum atomic E-state index is 13.0. The van der Waals surface area contributed by atoms with E-state index in [1.165, 1.54) is 16.8 Å². The fourth-order valence-corrected chi connectivity index (χ4v) is 3.39. The first-order valence-electron chi connectivity index (χ1n) is 10.9. The number of oxazole rings is 1. The molecule has 12 nitrogen and oxygen atoms in total. The molecule has 0 aliphatic rings. The molecule has 0 aliphatic heterocycles. The number of amides is 3. The van der Waals surface area contributed by atoms with Gasteiger partial charge < -0.3 is 20.4 Å². The second kappa shape index (κ2) is 9.05. The fourth-order valence-electron chi connectivity index (χ4n) is 3.39. The van der Waals surface area contributed by atoms with Crippen molar-refractivity contribution in [2.24, 2.45) is 0 Å². The molecule has 3 amide bonds. The van der Waals surface area contributed by atoms with Crippen LogP contribution in [0.3, 0.4) is 0 Å². The van der Waals surface area contributed by atoms with E-state index in [4.69, 9.17) is 4.42 Å². The van der Waals surface area contributed by atoms with Crippen LogP contribution >= 0.6 is 0 Å². The van der Waals surface area contributed by atoms with E-state index in [0.29, 0.717) is 16.7 Å². The van der Waals surface area contributed by atoms with Gasteiger partial charge >= 0.3 is 5.76 Å². The highest BCUT2D eigenvalue weighted by Crippen LogP contribution is 2.13. The first-order valence-corrected chi connectivity index (χ1v) is 10.9. The van der Waals surface area contributed by atoms with Gasteiger partial charge in [-0.25, -0.2) is 14.3 Å². The van der Waals surface area contributed by atoms with Crippen molar-refractivity contribution in [1.29, 1.82) is 0 Å². The van der Waals surface area contributed by atoms with Crippen molar-refractivity contribution in [2.45, 2.75) is 45.8 Å². The molecule has 182 valence electrons. The molecule has 0 aliphatic carbocycles. The number of fused-ring (bicyclic) bond motifs is 2. The Morgan fingerprint density at radius 1 is 1.14 bits per heavy atom. The van der Waals surface area contributed by atoms with Gasteiger partial charge in [0.15, 0.2) is 11.2 Å². The Labute approximate surface area is 199 Å². The number of rotatable bonds is 6. The summed E-state index contributed by atoms with van der Waals surface area (Å²) in [6.07, 6.45) is 1.46. The summed E-state index contributed by atoms with van der Waals surface area (Å²) in [5.74, 6) is -2.00. The summed E-state index contributed by atoms with van der Waals surface area (Å²) in [6.45, 7) is 7.24. The second-order valence-corrected chi connectivity index (χ2v) is 9.09. The predicted octanol–water partition coefficient (Wildman–Crippen LogP) is 1.13. The Kier molecular flexibility index (Phi) is 6.12. The quantitative estimate of drug-likeness (QED) is 0.322. The van der Waals surface area contributed by atoms with Gasteiger partial charge in [-0.05, 0) is 45.4 Å². The van der Waals surface area contributed by atoms with Gasteiger partial charge in [0, 0.05) is 24.2 Å². The molecule has 0 radical (unpaired) electrons. The van der Waals surface area contributed by atoms with Crippen LogP contribution in [0.25, 0.3) is 16.7 Å². The number of nitrogens with zero attached hydrogens (tertiary/aromatic N) is 3. The molecule has 1 atom stereocenters. The molecule has 0 bridgehead atoms. The topological polar surface area (TPSA) is 163 Å². The maximum Gasteiger partial charge on any atom is 0.417 e. The lowest BCUT2D eigenvalue weighted by molar-refractivity contribution is -0.124. The second-order valence-electron chi connectivity index (χ2n) is 9.09. The van der Waals surface area contributed by atoms with Crippen LogP contribution in [0.5, 0.6) is 0 Å². The first-order chi connectivity index (χ1) is 16.5. The van der Waals surface area contributed by atoms with Crippen molar-refractivity contribution in [1.82, 2.24) is 35.5 Å². The van der Waals surface area contributed by atoms with Crippen LogP contribution in [0, 0.1) is 0 Å². The highest BCUT2D eigenvalue weighted by atomic mass is 16.4. The van der Waals surface area contributed by atoms with Crippen LogP contribution in [0.4, 0.5) is 0 Å². The van der Waals surface area contributed by atoms with E-state index in [2.05, 4.69) is 31.0 Å². The fraction of sp³-hybridized carbons (Fsp3) is 0.304. The van der Waals surface area contributed by atoms with Crippen LogP contribution in [-0.2, 0) is 11.3 Å². The van der Waals surface area contributed by atoms with Gasteiger partial charge in [-0.15, -0.1) is 0 Å². The van der Waals surface area contributed by atoms with Crippen LogP contribution < -0.4 is 21.7 Å². The summed E-state index contributed by atoms with van der Waals surface area (Å²) in [7, 11) is 0. The number of benzene rings is 1. The largest absolute Gasteiger partial charge is 0.417 e. The SMILES string of the molecule is C[C@H](NC(=O)c1cc(C(=O)NCc2ccc3oc(=O)[nH]c3c2)nc2ccnn12)C(=O)NC(C)(C)C. The first kappa shape index (κ1) is 23.7. The molecule has 0 spiro atoms. The summed E-state index contributed by atoms with van der Waals surface area (Å²) in [5.41, 5.74) is 1.57. The number of carbonyl (C=O) groups excluding carboxylic acids is 3. The molecular weight excluding hydrogens is 454 g/mol. The zero-order chi connectivity index (χ0) is 25.3. The van der Waals surface area contributed by atoms with Gasteiger partial charge in [0.05, 0.1) is 11.7 Å². The predicted molar refractivity (Wildman–Crippen MR) is 126 cm³/mol. The number of carbonyl (C=O) groups is 3. The zero-order valence-electron chi connectivity index (χ0n) is 19.6. The third-order valence-electron chi connectivity index (χ3n) is 5.00. The minimum Gasteiger partial charge on any atom is -0.408 e. The lowest BCUT2D eigenvalue weighted by Gasteiger charge is -2.23. The van der Waals surface area contributed by atoms with Gasteiger partial charge in [0.1, 0.15) is 17.4 Å². The average Bonchev–Trinajstić information content (AvgIpc) is 3.40. The van der Waals surface area contributed by atoms with Crippen molar-refractivity contribution in [3.05, 3.63) is 64.0 Å². The van der Waals surface area contributed by atoms with Crippen LogP contribution in [0.1, 0.15) is 54.2 Å². The van der Waals surface area contributed by atoms with Gasteiger partial charge in [-0.2, -0.15) is 5.10 Å². The molecule has 12 heteroatoms. The molecule has 0 saturated heterocycles. The molecular formula is C23H25N7O5. The summed E-state index contributed by atoms with van der Waals surface area (Å²) < 4.78 is 6.27. The molecule has 3 heterocycles. The number of nitrogens with one attached hydrogen (secondary N) is 4. The number of aromatic nitrogens is 4. The summed E-state index contributed by atoms with van der Waals surface area (Å²) in [6, 6.07) is 7.10. The lowest BCUT2D eigenvalue weighted by Crippen LogP contribution is -2.51. The normalized spacial score (nSPS) is 12.5. The Morgan fingerprint density at radius 3 is 2.66 bits per heavy atom. The Balaban J connectivity index is 1.51. The minimum atomic E-state index is -0.818. The van der Waals surface area contributed by atoms with Crippen LogP contribution in [0.2, 0.25) is 0 Å². The van der Waals surface area contributed by atoms with E-state index in [9.17, 15) is 19.2 Å². The van der Waals surface area contributed by atoms with Crippen molar-refractivity contribution in [2.75, 3.05) is 0 Å². The standard InChI is InChI=1S/C23H25N7O5/c1-12(19(31)29-23(2,3)4)26-21(33)16-10-15(27-18-7-8-25-30(16)18)20(32)24-11-13-5-6-17-14(9-13)28-22(34)35-17/h5-10,12H,11H2,1-4H3,(H,24,32)(H,26,33)(H,28,34)(H,29,31)/t12-/m0/s1. The summed E-state index contributed by atoms with van der Waals surface area (Å²) >= 11 is 0. The number of H-pyrrole nitrogens is 1. The van der Waals surface area contributed by atoms with Crippen molar-refractivity contribution in [3.8, 4) is 0 Å². The molecule has 4 N–H and O–H groups in total. The maximum absolute atomic E-state index is 13.0. The van der Waals surface area contributed by atoms with Gasteiger partial charge in [0.2, 0.25) is 5.91 Å². The monoisotopic (exact) mass is 479 g/mol. The van der Waals surface area contributed by atoms with Gasteiger partial charge in [-0.1, -0.05) is 6.07 Å². The molecule has 3 aromatic heterocycles. The van der Waals surface area contributed by atoms with E-state index in [0.717, 1.165) is 5.56 Å². The Morgan fingerprint density at radius 2 is 1.91 bits per heavy atom. The Bertz CT molecular complexity index is 1490. The summed E-state index contributed by atoms with van der Waals surface area (Å²) in [5, 5.41) is 12.3. The minimum absolute atomic E-state index is 0.00717. The Hall–Kier alpha value is -4.48. The molecule has 4 rings (SSSR count). The van der Waals surface area contributed by atoms with E-state index >= 15 is 0 Å². The van der Waals surface area contributed by atoms with Crippen molar-refractivity contribution >= 4 is 34.5 Å². The smallest absolute Gasteiger partial charge is 0.408 e. The molecule has 35 heavy (non-hydrogen) atoms. The summed E-state index contributed by atoms with van der Waals surface area (Å²) in [4.78, 5) is 56.3. The lowest BCUT2D eigenvalue weighted by atomic mass is 10.1. The molecule has 1 aromatic carbocycles. The van der Waals surface area contributed by atoms with Gasteiger partial charge in [0.25, 0.3) is 11.8 Å². The number of aromatic amines is 1. The zero-order valence-corrected chi connectivity index (χ0v) is 19.6. The average molecular weight is 479 g/mol. The highest BCUT2D eigenvalue weighted by Gasteiger charge is 2.23. The van der Waals surface area contributed by atoms with Crippen LogP contribution in [-0.4, -0.2) is 48.9 Å². The van der Waals surface area contributed by atoms with E-state index in [1.54, 1.807) is 31.2 Å². The van der Waals surface area contributed by atoms with Crippen molar-refractivity contribution < 1.29 is 18.8 Å². The highest BCUT2D eigenvalue weighted by molar-refractivity contribution is 6.00. The number of hydrogen-bond donors (Lipinski definition) is 4. The molecule has 0 unspecified atom stereocenters. The third-order valence-corrected chi connectivity index (χ3v) is 5.00. The van der Waals surface area contributed by atoms with Crippen molar-refractivity contribution in [3.63, 3.8) is 0 Å². The van der Waals surface area contributed by atoms with Gasteiger partial charge in [-0.3, -0.25) is 19.4 Å². The molecule has 0 saturated carbocycles. The van der Waals surface area contributed by atoms with E-state index in [1.807, 2.05) is 20.8 Å². The van der Waals surface area contributed by atoms with Crippen LogP contribution in [0.15, 0.2) is 45.7 Å². The molecule has 0 fully saturated rings. The third kappa shape index (κ3) is 5.37. The van der Waals surface area contributed by atoms with E-state index < -0.39 is 29.2 Å².